The van der Waals surface area contributed by atoms with Gasteiger partial charge in [-0.05, 0) is 12.7 Å². The van der Waals surface area contributed by atoms with E-state index >= 15 is 0 Å². The molecule has 7 heteroatoms. The molecule has 0 aliphatic rings. The molecule has 0 saturated heterocycles. The van der Waals surface area contributed by atoms with Crippen LogP contribution in [0.2, 0.25) is 0 Å². The van der Waals surface area contributed by atoms with Gasteiger partial charge in [-0.1, -0.05) is 0 Å². The van der Waals surface area contributed by atoms with Crippen LogP contribution in [0.1, 0.15) is 22.3 Å². The highest BCUT2D eigenvalue weighted by Gasteiger charge is 2.09. The molecule has 0 aromatic heterocycles. The number of aliphatic imine (C=N–C) groups is 1. The maximum atomic E-state index is 10.7. The molecular weight excluding hydrogens is 205 g/mol. The van der Waals surface area contributed by atoms with Gasteiger partial charge in [0.05, 0.1) is 4.11 Å². The molecule has 13 heavy (non-hydrogen) atoms. The Labute approximate surface area is 92.4 Å². The van der Waals surface area contributed by atoms with Crippen LogP contribution in [0.3, 0.4) is 0 Å². The van der Waals surface area contributed by atoms with Crippen LogP contribution in [-0.4, -0.2) is 29.6 Å². The minimum Gasteiger partial charge on any atom is -0.480 e. The second-order valence-corrected chi connectivity index (χ2v) is 1.62. The smallest absolute Gasteiger partial charge is 0.320 e. The lowest BCUT2D eigenvalue weighted by Gasteiger charge is -2.03. The summed E-state index contributed by atoms with van der Waals surface area (Å²) >= 11 is 0. The standard InChI is InChI=1S/C6H14N4O2.ClH/c7-4(5(11)12)2-1-3-10-6(8)9;/h4H,1-3,7H2,(H,11,12)(H4,8,9,10);1H/t4-;/m0./s1/i1+1D2,2+1D2,3+1D2,4+1D,5+1,6+1,7+1,8+1,9+1,10+1;. The summed E-state index contributed by atoms with van der Waals surface area (Å²) in [6.07, 6.45) is -7.22. The van der Waals surface area contributed by atoms with Gasteiger partial charge in [0.2, 0.25) is 0 Å². The summed E-state index contributed by atoms with van der Waals surface area (Å²) in [7, 11) is 0. The highest BCUT2D eigenvalue weighted by atomic mass is 35.5. The van der Waals surface area contributed by atoms with Crippen molar-refractivity contribution in [2.24, 2.45) is 22.2 Å². The van der Waals surface area contributed by atoms with Crippen molar-refractivity contribution in [2.45, 2.75) is 18.8 Å². The summed E-state index contributed by atoms with van der Waals surface area (Å²) < 4.78 is 51.4. The van der Waals surface area contributed by atoms with Crippen LogP contribution in [0.5, 0.6) is 0 Å². The van der Waals surface area contributed by atoms with Gasteiger partial charge in [-0.25, -0.2) is 0 Å². The number of aliphatic carboxylic acids is 1. The molecule has 7 N–H and O–H groups in total. The Balaban J connectivity index is 0. The van der Waals surface area contributed by atoms with Crippen LogP contribution in [0.4, 0.5) is 0 Å². The fourth-order valence-corrected chi connectivity index (χ4v) is 0.241. The maximum Gasteiger partial charge on any atom is 0.320 e. The second-order valence-electron chi connectivity index (χ2n) is 1.62. The number of guanidine groups is 1. The van der Waals surface area contributed by atoms with Crippen molar-refractivity contribution in [2.75, 3.05) is 6.50 Å². The average Bonchev–Trinajstić information content (AvgIpc) is 2.14. The van der Waals surface area contributed by atoms with Crippen molar-refractivity contribution < 1.29 is 19.5 Å². The molecule has 0 aromatic carbocycles. The van der Waals surface area contributed by atoms with E-state index in [-0.39, 0.29) is 12.4 Å². The first-order chi connectivity index (χ1) is 8.11. The molecule has 0 bridgehead atoms. The minimum absolute atomic E-state index is 0. The normalized spacial score (nSPS) is 24.8. The minimum atomic E-state index is -3.63. The van der Waals surface area contributed by atoms with Crippen LogP contribution in [0.25, 0.3) is 0 Å². The number of halogens is 1. The number of hydrogen-bond acceptors (Lipinski definition) is 3. The molecule has 6 nitrogen and oxygen atoms in total. The monoisotopic (exact) mass is 227 g/mol. The summed E-state index contributed by atoms with van der Waals surface area (Å²) in [5.41, 5.74) is 14.7. The summed E-state index contributed by atoms with van der Waals surface area (Å²) in [4.78, 5) is 13.6. The van der Waals surface area contributed by atoms with E-state index in [0.29, 0.717) is 0 Å². The Hall–Kier alpha value is -1.01. The molecule has 0 aliphatic heterocycles. The Bertz CT molecular complexity index is 410. The summed E-state index contributed by atoms with van der Waals surface area (Å²) in [5.74, 6) is -3.03. The fourth-order valence-electron chi connectivity index (χ4n) is 0.241. The van der Waals surface area contributed by atoms with E-state index in [2.05, 4.69) is 4.99 Å². The first kappa shape index (κ1) is 5.02. The highest BCUT2D eigenvalue weighted by molar-refractivity contribution is 5.85. The zero-order valence-electron chi connectivity index (χ0n) is 13.4. The number of nitrogens with zero attached hydrogens (tertiary/aromatic N) is 1. The highest BCUT2D eigenvalue weighted by Crippen LogP contribution is 1.94. The summed E-state index contributed by atoms with van der Waals surface area (Å²) in [6, 6.07) is -3.44. The maximum absolute atomic E-state index is 10.7. The van der Waals surface area contributed by atoms with E-state index in [9.17, 15) is 4.79 Å². The van der Waals surface area contributed by atoms with E-state index < -0.39 is 37.2 Å². The third-order valence-corrected chi connectivity index (χ3v) is 0.668. The zero-order valence-corrected chi connectivity index (χ0v) is 7.26. The lowest BCUT2D eigenvalue weighted by Crippen LogP contribution is -2.30. The first-order valence-corrected chi connectivity index (χ1v) is 2.74. The molecule has 0 aromatic rings. The van der Waals surface area contributed by atoms with E-state index in [1.165, 1.54) is 0 Å². The van der Waals surface area contributed by atoms with Crippen LogP contribution in [0, 0.1) is 0 Å². The topological polar surface area (TPSA) is 128 Å². The van der Waals surface area contributed by atoms with Crippen molar-refractivity contribution in [1.82, 2.24) is 0 Å². The Morgan fingerprint density at radius 2 is 2.23 bits per heavy atom. The number of carboxylic acids is 1. The number of hydrogen-bond donors (Lipinski definition) is 4. The third kappa shape index (κ3) is 8.90. The molecule has 0 aliphatic carbocycles. The lowest BCUT2D eigenvalue weighted by molar-refractivity contribution is -0.138. The van der Waals surface area contributed by atoms with Gasteiger partial charge >= 0.3 is 5.97 Å². The fraction of sp³-hybridized carbons (Fsp3) is 0.667. The van der Waals surface area contributed by atoms with Gasteiger partial charge in [0, 0.05) is 12.0 Å². The van der Waals surface area contributed by atoms with Crippen LogP contribution >= 0.6 is 12.4 Å². The predicted octanol–water partition coefficient (Wildman–Crippen LogP) is -1.13. The largest absolute Gasteiger partial charge is 0.480 e. The van der Waals surface area contributed by atoms with Gasteiger partial charge in [0.15, 0.2) is 5.96 Å². The van der Waals surface area contributed by atoms with Crippen molar-refractivity contribution in [3.63, 3.8) is 0 Å². The van der Waals surface area contributed by atoms with Crippen LogP contribution in [-0.2, 0) is 4.79 Å². The van der Waals surface area contributed by atoms with Gasteiger partial charge < -0.3 is 22.3 Å². The quantitative estimate of drug-likeness (QED) is 0.205. The number of nitrogens with two attached hydrogens (primary N) is 3. The number of carboxylic acid groups (broad SMARTS) is 1. The molecule has 0 unspecified atom stereocenters. The van der Waals surface area contributed by atoms with Gasteiger partial charge in [-0.3, -0.25) is 9.79 Å². The molecule has 0 amide bonds. The Morgan fingerprint density at radius 3 is 2.62 bits per heavy atom. The number of carbonyl (C=O) groups is 1. The van der Waals surface area contributed by atoms with E-state index in [1.807, 2.05) is 0 Å². The second kappa shape index (κ2) is 7.63. The van der Waals surface area contributed by atoms with E-state index in [1.54, 1.807) is 0 Å². The molecule has 0 saturated carbocycles. The summed E-state index contributed by atoms with van der Waals surface area (Å²) in [6.45, 7) is -3.32. The van der Waals surface area contributed by atoms with Crippen molar-refractivity contribution in [3.8, 4) is 0 Å². The van der Waals surface area contributed by atoms with Gasteiger partial charge in [0.25, 0.3) is 0 Å². The average molecular weight is 228 g/mol. The van der Waals surface area contributed by atoms with Crippen molar-refractivity contribution in [3.05, 3.63) is 0 Å². The van der Waals surface area contributed by atoms with E-state index in [4.69, 9.17) is 31.9 Å². The van der Waals surface area contributed by atoms with Crippen molar-refractivity contribution >= 4 is 24.3 Å². The van der Waals surface area contributed by atoms with Gasteiger partial charge in [0.1, 0.15) is 6.02 Å². The van der Waals surface area contributed by atoms with E-state index in [0.717, 1.165) is 0 Å². The predicted molar refractivity (Wildman–Crippen MR) is 52.8 cm³/mol. The van der Waals surface area contributed by atoms with Gasteiger partial charge in [-0.2, -0.15) is 0 Å². The Kier molecular flexibility index (Phi) is 2.94. The molecule has 1 atom stereocenters. The van der Waals surface area contributed by atoms with Crippen LogP contribution in [0.15, 0.2) is 4.99 Å². The molecule has 0 heterocycles. The lowest BCUT2D eigenvalue weighted by atomic mass is 11.1. The molecule has 0 fully saturated rings. The molecule has 0 radical (unpaired) electrons. The van der Waals surface area contributed by atoms with Crippen molar-refractivity contribution in [1.29, 1.82) is 0 Å². The number of rotatable bonds is 5. The molecule has 0 spiro atoms. The molecular formula is C6H15ClN4O2. The third-order valence-electron chi connectivity index (χ3n) is 0.668. The van der Waals surface area contributed by atoms with Crippen LogP contribution < -0.4 is 17.2 Å². The summed E-state index contributed by atoms with van der Waals surface area (Å²) in [5, 5.41) is 8.66. The molecule has 78 valence electrons. The molecule has 0 rings (SSSR count). The SMILES string of the molecule is Cl.[2H][13C]([2H])([15N]=[13C]([15NH2])[15NH2])[13C]([2H])([2H])[13C]([2H])([2H])[13C@]([2H])([15NH2])[13C](=O)O. The Morgan fingerprint density at radius 1 is 1.69 bits per heavy atom. The zero-order chi connectivity index (χ0) is 15.9. The first-order valence-electron chi connectivity index (χ1n) is 6.24. The van der Waals surface area contributed by atoms with Gasteiger partial charge in [-0.15, -0.1) is 12.4 Å².